The zero-order chi connectivity index (χ0) is 12.1. The highest BCUT2D eigenvalue weighted by molar-refractivity contribution is 5.69. The molecule has 0 amide bonds. The Morgan fingerprint density at radius 2 is 1.56 bits per heavy atom. The van der Waals surface area contributed by atoms with E-state index in [2.05, 4.69) is 33.0 Å². The van der Waals surface area contributed by atoms with Crippen LogP contribution in [0.15, 0.2) is 18.2 Å². The second-order valence-electron chi connectivity index (χ2n) is 5.86. The third-order valence-corrected chi connectivity index (χ3v) is 4.42. The Bertz CT molecular complexity index is 407. The van der Waals surface area contributed by atoms with Gasteiger partial charge in [0.2, 0.25) is 0 Å². The van der Waals surface area contributed by atoms with Gasteiger partial charge in [0, 0.05) is 11.7 Å². The van der Waals surface area contributed by atoms with Crippen LogP contribution in [-0.2, 0) is 0 Å². The molecule has 0 radical (unpaired) electrons. The fraction of sp³-hybridized carbons (Fsp3) is 0.538. The zero-order valence-electron chi connectivity index (χ0n) is 10.5. The highest BCUT2D eigenvalue weighted by Crippen LogP contribution is 2.63. The molecular formula is C13H21N3. The summed E-state index contributed by atoms with van der Waals surface area (Å²) in [5, 5.41) is 3.53. The van der Waals surface area contributed by atoms with Gasteiger partial charge in [-0.3, -0.25) is 0 Å². The molecule has 0 spiro atoms. The standard InChI is InChI=1S/C13H21N3/c1-12(2)11(13(12,3)4)16-8-5-6-9(14)10(15)7-8/h5-7,11,16H,14-15H2,1-4H3. The van der Waals surface area contributed by atoms with E-state index >= 15 is 0 Å². The maximum atomic E-state index is 5.79. The van der Waals surface area contributed by atoms with Crippen LogP contribution in [0.1, 0.15) is 27.7 Å². The molecule has 1 saturated carbocycles. The van der Waals surface area contributed by atoms with Crippen molar-refractivity contribution in [3.05, 3.63) is 18.2 Å². The predicted octanol–water partition coefficient (Wildman–Crippen LogP) is 2.70. The Kier molecular flexibility index (Phi) is 2.13. The molecule has 0 saturated heterocycles. The predicted molar refractivity (Wildman–Crippen MR) is 70.2 cm³/mol. The van der Waals surface area contributed by atoms with Crippen LogP contribution in [0, 0.1) is 10.8 Å². The minimum atomic E-state index is 0.323. The van der Waals surface area contributed by atoms with Crippen molar-refractivity contribution in [2.24, 2.45) is 10.8 Å². The van der Waals surface area contributed by atoms with Crippen LogP contribution in [0.25, 0.3) is 0 Å². The average Bonchev–Trinajstić information content (AvgIpc) is 2.54. The third-order valence-electron chi connectivity index (χ3n) is 4.42. The first kappa shape index (κ1) is 11.1. The van der Waals surface area contributed by atoms with Crippen molar-refractivity contribution in [2.45, 2.75) is 33.7 Å². The fourth-order valence-electron chi connectivity index (χ4n) is 2.39. The van der Waals surface area contributed by atoms with Crippen molar-refractivity contribution < 1.29 is 0 Å². The molecule has 0 unspecified atom stereocenters. The molecule has 0 aliphatic heterocycles. The molecule has 0 bridgehead atoms. The molecule has 1 fully saturated rings. The van der Waals surface area contributed by atoms with Crippen molar-refractivity contribution in [3.63, 3.8) is 0 Å². The van der Waals surface area contributed by atoms with Gasteiger partial charge in [0.15, 0.2) is 0 Å². The molecule has 2 rings (SSSR count). The number of rotatable bonds is 2. The van der Waals surface area contributed by atoms with E-state index in [1.54, 1.807) is 0 Å². The van der Waals surface area contributed by atoms with Crippen molar-refractivity contribution >= 4 is 17.1 Å². The van der Waals surface area contributed by atoms with E-state index in [1.165, 1.54) is 0 Å². The van der Waals surface area contributed by atoms with Gasteiger partial charge in [-0.05, 0) is 29.0 Å². The SMILES string of the molecule is CC1(C)C(Nc2ccc(N)c(N)c2)C1(C)C. The molecule has 3 heteroatoms. The fourth-order valence-corrected chi connectivity index (χ4v) is 2.39. The van der Waals surface area contributed by atoms with Gasteiger partial charge in [0.05, 0.1) is 11.4 Å². The van der Waals surface area contributed by atoms with E-state index in [4.69, 9.17) is 11.5 Å². The number of hydrogen-bond donors (Lipinski definition) is 3. The first-order valence-electron chi connectivity index (χ1n) is 5.68. The molecule has 1 aliphatic carbocycles. The van der Waals surface area contributed by atoms with Crippen LogP contribution in [-0.4, -0.2) is 6.04 Å². The normalized spacial score (nSPS) is 21.8. The monoisotopic (exact) mass is 219 g/mol. The van der Waals surface area contributed by atoms with Gasteiger partial charge in [-0.1, -0.05) is 27.7 Å². The maximum absolute atomic E-state index is 5.79. The van der Waals surface area contributed by atoms with Crippen LogP contribution in [0.4, 0.5) is 17.1 Å². The van der Waals surface area contributed by atoms with Crippen LogP contribution >= 0.6 is 0 Å². The summed E-state index contributed by atoms with van der Waals surface area (Å²) in [5.74, 6) is 0. The minimum Gasteiger partial charge on any atom is -0.397 e. The molecule has 1 aromatic rings. The Labute approximate surface area is 97.2 Å². The van der Waals surface area contributed by atoms with Gasteiger partial charge in [-0.25, -0.2) is 0 Å². The zero-order valence-corrected chi connectivity index (χ0v) is 10.5. The number of hydrogen-bond acceptors (Lipinski definition) is 3. The highest BCUT2D eigenvalue weighted by Gasteiger charge is 2.64. The summed E-state index contributed by atoms with van der Waals surface area (Å²) < 4.78 is 0. The number of nitrogen functional groups attached to an aromatic ring is 2. The molecular weight excluding hydrogens is 198 g/mol. The van der Waals surface area contributed by atoms with Gasteiger partial charge in [0.1, 0.15) is 0 Å². The van der Waals surface area contributed by atoms with E-state index in [1.807, 2.05) is 18.2 Å². The minimum absolute atomic E-state index is 0.323. The van der Waals surface area contributed by atoms with Crippen LogP contribution in [0.5, 0.6) is 0 Å². The lowest BCUT2D eigenvalue weighted by atomic mass is 10.0. The Morgan fingerprint density at radius 1 is 1.00 bits per heavy atom. The topological polar surface area (TPSA) is 64.1 Å². The second kappa shape index (κ2) is 3.06. The van der Waals surface area contributed by atoms with Gasteiger partial charge in [-0.2, -0.15) is 0 Å². The summed E-state index contributed by atoms with van der Waals surface area (Å²) in [6, 6.07) is 6.22. The molecule has 0 aromatic heterocycles. The Morgan fingerprint density at radius 3 is 2.00 bits per heavy atom. The smallest absolute Gasteiger partial charge is 0.0568 e. The quantitative estimate of drug-likeness (QED) is 0.670. The summed E-state index contributed by atoms with van der Waals surface area (Å²) in [6.07, 6.45) is 0. The summed E-state index contributed by atoms with van der Waals surface area (Å²) in [6.45, 7) is 9.13. The molecule has 16 heavy (non-hydrogen) atoms. The lowest BCUT2D eigenvalue weighted by Gasteiger charge is -2.10. The molecule has 3 nitrogen and oxygen atoms in total. The summed E-state index contributed by atoms with van der Waals surface area (Å²) in [5.41, 5.74) is 14.5. The molecule has 0 heterocycles. The summed E-state index contributed by atoms with van der Waals surface area (Å²) >= 11 is 0. The maximum Gasteiger partial charge on any atom is 0.0568 e. The Hall–Kier alpha value is -1.38. The Balaban J connectivity index is 2.15. The lowest BCUT2D eigenvalue weighted by Crippen LogP contribution is -2.10. The van der Waals surface area contributed by atoms with E-state index in [0.29, 0.717) is 28.2 Å². The van der Waals surface area contributed by atoms with Crippen LogP contribution < -0.4 is 16.8 Å². The van der Waals surface area contributed by atoms with Crippen molar-refractivity contribution in [1.82, 2.24) is 0 Å². The van der Waals surface area contributed by atoms with E-state index in [9.17, 15) is 0 Å². The molecule has 1 aliphatic rings. The van der Waals surface area contributed by atoms with Crippen molar-refractivity contribution in [2.75, 3.05) is 16.8 Å². The lowest BCUT2D eigenvalue weighted by molar-refractivity contribution is 0.457. The highest BCUT2D eigenvalue weighted by atomic mass is 15.0. The van der Waals surface area contributed by atoms with E-state index < -0.39 is 0 Å². The summed E-state index contributed by atoms with van der Waals surface area (Å²) in [4.78, 5) is 0. The largest absolute Gasteiger partial charge is 0.397 e. The van der Waals surface area contributed by atoms with E-state index in [-0.39, 0.29) is 0 Å². The molecule has 88 valence electrons. The van der Waals surface area contributed by atoms with Crippen molar-refractivity contribution in [3.8, 4) is 0 Å². The molecule has 5 N–H and O–H groups in total. The first-order valence-corrected chi connectivity index (χ1v) is 5.68. The summed E-state index contributed by atoms with van der Waals surface area (Å²) in [7, 11) is 0. The number of nitrogens with two attached hydrogens (primary N) is 2. The van der Waals surface area contributed by atoms with Crippen LogP contribution in [0.2, 0.25) is 0 Å². The number of nitrogens with one attached hydrogen (secondary N) is 1. The molecule has 0 atom stereocenters. The van der Waals surface area contributed by atoms with Crippen molar-refractivity contribution in [1.29, 1.82) is 0 Å². The number of benzene rings is 1. The van der Waals surface area contributed by atoms with Crippen LogP contribution in [0.3, 0.4) is 0 Å². The second-order valence-corrected chi connectivity index (χ2v) is 5.86. The average molecular weight is 219 g/mol. The number of anilines is 3. The van der Waals surface area contributed by atoms with Gasteiger partial charge in [-0.15, -0.1) is 0 Å². The van der Waals surface area contributed by atoms with Gasteiger partial charge < -0.3 is 16.8 Å². The molecule has 1 aromatic carbocycles. The van der Waals surface area contributed by atoms with E-state index in [0.717, 1.165) is 5.69 Å². The van der Waals surface area contributed by atoms with Gasteiger partial charge >= 0.3 is 0 Å². The van der Waals surface area contributed by atoms with Gasteiger partial charge in [0.25, 0.3) is 0 Å². The first-order chi connectivity index (χ1) is 7.26. The third kappa shape index (κ3) is 1.42.